The number of thioether (sulfide) groups is 1. The van der Waals surface area contributed by atoms with E-state index in [1.807, 2.05) is 51.4 Å². The number of benzene rings is 2. The molecular formula is C26H36N4O4S2. The SMILES string of the molecule is CN(C)CC[C@H](CSc1ccccc1)Nc1ccc(S(=O)(=O)NC(=O)C2(C)CCCCC2)cc1N=O. The summed E-state index contributed by atoms with van der Waals surface area (Å²) in [6, 6.07) is 14.3. The molecule has 196 valence electrons. The van der Waals surface area contributed by atoms with E-state index < -0.39 is 21.3 Å². The summed E-state index contributed by atoms with van der Waals surface area (Å²) in [5, 5.41) is 6.46. The number of nitroso groups, excluding NO2 is 1. The minimum atomic E-state index is -4.13. The fourth-order valence-electron chi connectivity index (χ4n) is 4.28. The highest BCUT2D eigenvalue weighted by Crippen LogP contribution is 2.36. The molecule has 0 aromatic heterocycles. The van der Waals surface area contributed by atoms with Crippen LogP contribution in [0.1, 0.15) is 45.4 Å². The summed E-state index contributed by atoms with van der Waals surface area (Å²) >= 11 is 1.71. The number of anilines is 1. The summed E-state index contributed by atoms with van der Waals surface area (Å²) in [5.41, 5.74) is -0.241. The molecule has 36 heavy (non-hydrogen) atoms. The summed E-state index contributed by atoms with van der Waals surface area (Å²) in [6.45, 7) is 2.65. The number of rotatable bonds is 12. The van der Waals surface area contributed by atoms with Crippen molar-refractivity contribution in [3.63, 3.8) is 0 Å². The van der Waals surface area contributed by atoms with Crippen molar-refractivity contribution in [1.29, 1.82) is 0 Å². The zero-order chi connectivity index (χ0) is 26.2. The lowest BCUT2D eigenvalue weighted by atomic mass is 9.75. The molecule has 0 aliphatic heterocycles. The van der Waals surface area contributed by atoms with E-state index in [0.717, 1.165) is 42.9 Å². The molecule has 0 heterocycles. The van der Waals surface area contributed by atoms with Crippen molar-refractivity contribution in [3.8, 4) is 0 Å². The Bertz CT molecular complexity index is 1130. The Labute approximate surface area is 218 Å². The Balaban J connectivity index is 1.75. The molecule has 0 saturated heterocycles. The zero-order valence-corrected chi connectivity index (χ0v) is 22.8. The van der Waals surface area contributed by atoms with E-state index >= 15 is 0 Å². The first-order valence-electron chi connectivity index (χ1n) is 12.3. The first kappa shape index (κ1) is 28.1. The van der Waals surface area contributed by atoms with E-state index in [9.17, 15) is 18.1 Å². The molecule has 2 aromatic carbocycles. The topological polar surface area (TPSA) is 108 Å². The predicted molar refractivity (Wildman–Crippen MR) is 146 cm³/mol. The van der Waals surface area contributed by atoms with Gasteiger partial charge in [-0.25, -0.2) is 13.1 Å². The third-order valence-electron chi connectivity index (χ3n) is 6.59. The van der Waals surface area contributed by atoms with Crippen LogP contribution in [0.5, 0.6) is 0 Å². The van der Waals surface area contributed by atoms with Gasteiger partial charge < -0.3 is 10.2 Å². The average molecular weight is 533 g/mol. The number of hydrogen-bond acceptors (Lipinski definition) is 8. The van der Waals surface area contributed by atoms with Gasteiger partial charge in [-0.3, -0.25) is 4.79 Å². The first-order valence-corrected chi connectivity index (χ1v) is 14.7. The Morgan fingerprint density at radius 2 is 1.81 bits per heavy atom. The number of nitrogens with one attached hydrogen (secondary N) is 2. The van der Waals surface area contributed by atoms with Crippen LogP contribution in [-0.4, -0.2) is 51.7 Å². The monoisotopic (exact) mass is 532 g/mol. The Kier molecular flexibility index (Phi) is 9.92. The minimum Gasteiger partial charge on any atom is -0.380 e. The average Bonchev–Trinajstić information content (AvgIpc) is 2.86. The van der Waals surface area contributed by atoms with Crippen molar-refractivity contribution < 1.29 is 13.2 Å². The first-order chi connectivity index (χ1) is 17.1. The molecule has 0 spiro atoms. The van der Waals surface area contributed by atoms with Crippen molar-refractivity contribution in [2.24, 2.45) is 10.6 Å². The number of nitrogens with zero attached hydrogens (tertiary/aromatic N) is 2. The molecule has 0 radical (unpaired) electrons. The van der Waals surface area contributed by atoms with E-state index in [2.05, 4.69) is 20.1 Å². The van der Waals surface area contributed by atoms with Gasteiger partial charge in [0.25, 0.3) is 10.0 Å². The molecule has 8 nitrogen and oxygen atoms in total. The second-order valence-electron chi connectivity index (χ2n) is 9.88. The van der Waals surface area contributed by atoms with Crippen LogP contribution in [0.3, 0.4) is 0 Å². The molecule has 1 atom stereocenters. The summed E-state index contributed by atoms with van der Waals surface area (Å²) in [5.74, 6) is 0.261. The van der Waals surface area contributed by atoms with Crippen LogP contribution in [0, 0.1) is 10.3 Å². The van der Waals surface area contributed by atoms with Gasteiger partial charge in [-0.1, -0.05) is 44.4 Å². The molecule has 1 aliphatic rings. The maximum absolute atomic E-state index is 13.0. The highest BCUT2D eigenvalue weighted by Gasteiger charge is 2.37. The van der Waals surface area contributed by atoms with Crippen LogP contribution in [0.15, 0.2) is 63.5 Å². The van der Waals surface area contributed by atoms with Crippen LogP contribution in [-0.2, 0) is 14.8 Å². The van der Waals surface area contributed by atoms with Gasteiger partial charge >= 0.3 is 0 Å². The second kappa shape index (κ2) is 12.7. The van der Waals surface area contributed by atoms with Crippen molar-refractivity contribution >= 4 is 39.1 Å². The molecule has 0 unspecified atom stereocenters. The second-order valence-corrected chi connectivity index (χ2v) is 12.7. The van der Waals surface area contributed by atoms with Gasteiger partial charge in [0.2, 0.25) is 5.91 Å². The van der Waals surface area contributed by atoms with E-state index in [1.165, 1.54) is 12.1 Å². The molecule has 1 amide bonds. The summed E-state index contributed by atoms with van der Waals surface area (Å²) in [7, 11) is -0.127. The van der Waals surface area contributed by atoms with Crippen molar-refractivity contribution in [3.05, 3.63) is 53.4 Å². The van der Waals surface area contributed by atoms with Crippen molar-refractivity contribution in [1.82, 2.24) is 9.62 Å². The third kappa shape index (κ3) is 7.78. The standard InChI is InChI=1S/C26H36N4O4S2/c1-26(15-8-5-9-16-26)25(31)29-36(33,34)22-12-13-23(24(18-22)28-32)27-20(14-17-30(2)3)19-35-21-10-6-4-7-11-21/h4,6-7,10-13,18,20,27H,5,8-9,14-17,19H2,1-3H3,(H,29,31)/t20-/m1/s1. The lowest BCUT2D eigenvalue weighted by molar-refractivity contribution is -0.129. The van der Waals surface area contributed by atoms with Gasteiger partial charge in [-0.05, 0) is 75.4 Å². The Morgan fingerprint density at radius 1 is 1.11 bits per heavy atom. The molecule has 2 N–H and O–H groups in total. The van der Waals surface area contributed by atoms with Crippen molar-refractivity contribution in [2.75, 3.05) is 31.7 Å². The molecule has 1 fully saturated rings. The number of sulfonamides is 1. The van der Waals surface area contributed by atoms with E-state index in [1.54, 1.807) is 17.8 Å². The summed E-state index contributed by atoms with van der Waals surface area (Å²) < 4.78 is 28.1. The van der Waals surface area contributed by atoms with Gasteiger partial charge in [0.05, 0.1) is 10.6 Å². The highest BCUT2D eigenvalue weighted by atomic mass is 32.2. The minimum absolute atomic E-state index is 0.00577. The fraction of sp³-hybridized carbons (Fsp3) is 0.500. The molecule has 0 bridgehead atoms. The molecule has 10 heteroatoms. The number of amides is 1. The smallest absolute Gasteiger partial charge is 0.264 e. The third-order valence-corrected chi connectivity index (χ3v) is 9.09. The largest absolute Gasteiger partial charge is 0.380 e. The normalized spacial score (nSPS) is 16.3. The number of carbonyl (C=O) groups is 1. The van der Waals surface area contributed by atoms with Crippen LogP contribution < -0.4 is 10.0 Å². The number of hydrogen-bond donors (Lipinski definition) is 2. The van der Waals surface area contributed by atoms with Crippen LogP contribution >= 0.6 is 11.8 Å². The van der Waals surface area contributed by atoms with Crippen LogP contribution in [0.2, 0.25) is 0 Å². The Morgan fingerprint density at radius 3 is 2.44 bits per heavy atom. The summed E-state index contributed by atoms with van der Waals surface area (Å²) in [6.07, 6.45) is 5.00. The molecule has 1 aliphatic carbocycles. The van der Waals surface area contributed by atoms with Crippen LogP contribution in [0.4, 0.5) is 11.4 Å². The van der Waals surface area contributed by atoms with Gasteiger partial charge in [0, 0.05) is 22.1 Å². The van der Waals surface area contributed by atoms with Gasteiger partial charge in [-0.2, -0.15) is 0 Å². The lowest BCUT2D eigenvalue weighted by Crippen LogP contribution is -2.43. The van der Waals surface area contributed by atoms with E-state index in [0.29, 0.717) is 18.5 Å². The Hall–Kier alpha value is -2.43. The quantitative estimate of drug-likeness (QED) is 0.279. The van der Waals surface area contributed by atoms with Gasteiger partial charge in [0.15, 0.2) is 0 Å². The van der Waals surface area contributed by atoms with Crippen molar-refractivity contribution in [2.45, 2.75) is 61.3 Å². The maximum Gasteiger partial charge on any atom is 0.264 e. The van der Waals surface area contributed by atoms with Gasteiger partial charge in [-0.15, -0.1) is 16.7 Å². The highest BCUT2D eigenvalue weighted by molar-refractivity contribution is 7.99. The molecule has 1 saturated carbocycles. The molecule has 3 rings (SSSR count). The zero-order valence-electron chi connectivity index (χ0n) is 21.2. The summed E-state index contributed by atoms with van der Waals surface area (Å²) in [4.78, 5) is 27.5. The van der Waals surface area contributed by atoms with E-state index in [-0.39, 0.29) is 16.6 Å². The lowest BCUT2D eigenvalue weighted by Gasteiger charge is -2.31. The van der Waals surface area contributed by atoms with Gasteiger partial charge in [0.1, 0.15) is 5.69 Å². The molecule has 2 aromatic rings. The van der Waals surface area contributed by atoms with Crippen LogP contribution in [0.25, 0.3) is 0 Å². The van der Waals surface area contributed by atoms with E-state index in [4.69, 9.17) is 0 Å². The maximum atomic E-state index is 13.0. The fourth-order valence-corrected chi connectivity index (χ4v) is 6.40. The number of carbonyl (C=O) groups excluding carboxylic acids is 1. The molecular weight excluding hydrogens is 496 g/mol. The predicted octanol–water partition coefficient (Wildman–Crippen LogP) is 5.38.